The highest BCUT2D eigenvalue weighted by Crippen LogP contribution is 2.16. The average Bonchev–Trinajstić information content (AvgIpc) is 3.39. The molecule has 4 rings (SSSR count). The number of aryl methyl sites for hydroxylation is 1. The first kappa shape index (κ1) is 20.1. The molecule has 0 saturated heterocycles. The summed E-state index contributed by atoms with van der Waals surface area (Å²) < 4.78 is 7.11. The number of aromatic nitrogens is 5. The van der Waals surface area contributed by atoms with Crippen LogP contribution >= 0.6 is 0 Å². The molecule has 9 heteroatoms. The smallest absolute Gasteiger partial charge is 0.191 e. The van der Waals surface area contributed by atoms with Gasteiger partial charge in [-0.05, 0) is 18.9 Å². The third-order valence-electron chi connectivity index (χ3n) is 4.96. The highest BCUT2D eigenvalue weighted by Gasteiger charge is 2.22. The van der Waals surface area contributed by atoms with Crippen molar-refractivity contribution in [3.63, 3.8) is 0 Å². The lowest BCUT2D eigenvalue weighted by molar-refractivity contribution is 0.177. The van der Waals surface area contributed by atoms with Crippen LogP contribution in [0.25, 0.3) is 11.3 Å². The Balaban J connectivity index is 1.39. The van der Waals surface area contributed by atoms with Gasteiger partial charge in [0.25, 0.3) is 0 Å². The molecule has 0 spiro atoms. The van der Waals surface area contributed by atoms with Gasteiger partial charge in [-0.25, -0.2) is 19.6 Å². The summed E-state index contributed by atoms with van der Waals surface area (Å²) in [7, 11) is 1.66. The molecule has 1 aliphatic heterocycles. The van der Waals surface area contributed by atoms with E-state index >= 15 is 0 Å². The summed E-state index contributed by atoms with van der Waals surface area (Å²) in [6.45, 7) is 4.52. The van der Waals surface area contributed by atoms with Crippen molar-refractivity contribution in [1.82, 2.24) is 35.4 Å². The number of aromatic amines is 1. The molecule has 3 heterocycles. The van der Waals surface area contributed by atoms with Crippen molar-refractivity contribution in [2.45, 2.75) is 45.5 Å². The van der Waals surface area contributed by atoms with E-state index in [0.29, 0.717) is 13.2 Å². The number of guanidine groups is 1. The zero-order valence-corrected chi connectivity index (χ0v) is 17.4. The van der Waals surface area contributed by atoms with Gasteiger partial charge >= 0.3 is 0 Å². The molecule has 0 amide bonds. The summed E-state index contributed by atoms with van der Waals surface area (Å²) in [6, 6.07) is 10.4. The fraction of sp³-hybridized carbons (Fsp3) is 0.429. The molecule has 3 aromatic rings. The highest BCUT2D eigenvalue weighted by molar-refractivity contribution is 5.80. The van der Waals surface area contributed by atoms with Crippen molar-refractivity contribution < 1.29 is 4.74 Å². The Labute approximate surface area is 176 Å². The maximum atomic E-state index is 5.14. The van der Waals surface area contributed by atoms with Gasteiger partial charge in [-0.15, -0.1) is 0 Å². The standard InChI is InChI=1S/C21H28N8O/c1-3-22-21(24-12-18-23-11-17(26-18)15-7-5-4-6-8-15)25-16-9-10-20-27-19(14-30-2)28-29(20)13-16/h4-8,11,16H,3,9-10,12-14H2,1-2H3,(H,23,26)(H2,22,24,25). The van der Waals surface area contributed by atoms with E-state index in [9.17, 15) is 0 Å². The largest absolute Gasteiger partial charge is 0.377 e. The van der Waals surface area contributed by atoms with E-state index in [-0.39, 0.29) is 6.04 Å². The number of hydrogen-bond donors (Lipinski definition) is 3. The summed E-state index contributed by atoms with van der Waals surface area (Å²) in [4.78, 5) is 17.1. The Morgan fingerprint density at radius 1 is 1.33 bits per heavy atom. The van der Waals surface area contributed by atoms with E-state index < -0.39 is 0 Å². The van der Waals surface area contributed by atoms with E-state index in [1.807, 2.05) is 29.1 Å². The first-order valence-electron chi connectivity index (χ1n) is 10.3. The Morgan fingerprint density at radius 3 is 3.00 bits per heavy atom. The molecular formula is C21H28N8O. The lowest BCUT2D eigenvalue weighted by Gasteiger charge is -2.25. The number of aliphatic imine (C=N–C) groups is 1. The fourth-order valence-electron chi connectivity index (χ4n) is 3.54. The Morgan fingerprint density at radius 2 is 2.20 bits per heavy atom. The van der Waals surface area contributed by atoms with Crippen LogP contribution in [0.15, 0.2) is 41.5 Å². The predicted octanol–water partition coefficient (Wildman–Crippen LogP) is 1.88. The van der Waals surface area contributed by atoms with Gasteiger partial charge in [0, 0.05) is 26.1 Å². The Hall–Kier alpha value is -3.20. The molecule has 9 nitrogen and oxygen atoms in total. The molecule has 0 saturated carbocycles. The molecular weight excluding hydrogens is 380 g/mol. The topological polar surface area (TPSA) is 105 Å². The SMILES string of the molecule is CCNC(=NCc1ncc(-c2ccccc2)[nH]1)NC1CCc2nc(COC)nn2C1. The molecule has 1 atom stereocenters. The molecule has 1 aromatic carbocycles. The predicted molar refractivity (Wildman–Crippen MR) is 115 cm³/mol. The number of methoxy groups -OCH3 is 1. The third-order valence-corrected chi connectivity index (χ3v) is 4.96. The molecule has 30 heavy (non-hydrogen) atoms. The van der Waals surface area contributed by atoms with Crippen LogP contribution in [0.3, 0.4) is 0 Å². The number of nitrogens with zero attached hydrogens (tertiary/aromatic N) is 5. The second kappa shape index (κ2) is 9.53. The van der Waals surface area contributed by atoms with Crippen molar-refractivity contribution in [3.05, 3.63) is 54.0 Å². The van der Waals surface area contributed by atoms with Gasteiger partial charge in [-0.1, -0.05) is 30.3 Å². The molecule has 0 bridgehead atoms. The van der Waals surface area contributed by atoms with Gasteiger partial charge in [0.1, 0.15) is 24.8 Å². The minimum Gasteiger partial charge on any atom is -0.377 e. The summed E-state index contributed by atoms with van der Waals surface area (Å²) in [5, 5.41) is 11.4. The summed E-state index contributed by atoms with van der Waals surface area (Å²) in [6.07, 6.45) is 3.71. The van der Waals surface area contributed by atoms with E-state index in [4.69, 9.17) is 9.73 Å². The number of rotatable bonds is 7. The van der Waals surface area contributed by atoms with Crippen LogP contribution in [0.1, 0.15) is 30.8 Å². The zero-order chi connectivity index (χ0) is 20.8. The number of nitrogens with one attached hydrogen (secondary N) is 3. The molecule has 1 aliphatic rings. The van der Waals surface area contributed by atoms with E-state index in [1.165, 1.54) is 0 Å². The summed E-state index contributed by atoms with van der Waals surface area (Å²) in [5.41, 5.74) is 2.11. The monoisotopic (exact) mass is 408 g/mol. The normalized spacial score (nSPS) is 16.3. The van der Waals surface area contributed by atoms with Crippen molar-refractivity contribution in [2.24, 2.45) is 4.99 Å². The van der Waals surface area contributed by atoms with Gasteiger partial charge in [0.05, 0.1) is 18.4 Å². The van der Waals surface area contributed by atoms with Crippen LogP contribution in [0.4, 0.5) is 0 Å². The van der Waals surface area contributed by atoms with Crippen LogP contribution in [-0.2, 0) is 30.9 Å². The molecule has 158 valence electrons. The van der Waals surface area contributed by atoms with Crippen molar-refractivity contribution in [2.75, 3.05) is 13.7 Å². The van der Waals surface area contributed by atoms with E-state index in [1.54, 1.807) is 7.11 Å². The van der Waals surface area contributed by atoms with Gasteiger partial charge in [-0.2, -0.15) is 5.10 Å². The third kappa shape index (κ3) is 4.85. The summed E-state index contributed by atoms with van der Waals surface area (Å²) in [5.74, 6) is 3.37. The Kier molecular flexibility index (Phi) is 6.38. The molecule has 3 N–H and O–H groups in total. The maximum Gasteiger partial charge on any atom is 0.191 e. The van der Waals surface area contributed by atoms with Crippen LogP contribution in [-0.4, -0.2) is 50.4 Å². The summed E-state index contributed by atoms with van der Waals surface area (Å²) >= 11 is 0. The number of hydrogen-bond acceptors (Lipinski definition) is 5. The van der Waals surface area contributed by atoms with Gasteiger partial charge < -0.3 is 20.4 Å². The second-order valence-electron chi connectivity index (χ2n) is 7.24. The lowest BCUT2D eigenvalue weighted by Crippen LogP contribution is -2.47. The van der Waals surface area contributed by atoms with Crippen molar-refractivity contribution >= 4 is 5.96 Å². The molecule has 0 fully saturated rings. The minimum atomic E-state index is 0.240. The number of ether oxygens (including phenoxy) is 1. The lowest BCUT2D eigenvalue weighted by atomic mass is 10.1. The molecule has 1 unspecified atom stereocenters. The molecule has 0 aliphatic carbocycles. The number of fused-ring (bicyclic) bond motifs is 1. The van der Waals surface area contributed by atoms with Crippen LogP contribution < -0.4 is 10.6 Å². The van der Waals surface area contributed by atoms with Crippen molar-refractivity contribution in [1.29, 1.82) is 0 Å². The van der Waals surface area contributed by atoms with Crippen LogP contribution in [0.5, 0.6) is 0 Å². The second-order valence-corrected chi connectivity index (χ2v) is 7.24. The van der Waals surface area contributed by atoms with Crippen LogP contribution in [0.2, 0.25) is 0 Å². The first-order chi connectivity index (χ1) is 14.7. The first-order valence-corrected chi connectivity index (χ1v) is 10.3. The van der Waals surface area contributed by atoms with Gasteiger partial charge in [0.15, 0.2) is 11.8 Å². The quantitative estimate of drug-likeness (QED) is 0.407. The average molecular weight is 409 g/mol. The number of benzene rings is 1. The minimum absolute atomic E-state index is 0.240. The number of H-pyrrole nitrogens is 1. The maximum absolute atomic E-state index is 5.14. The zero-order valence-electron chi connectivity index (χ0n) is 17.4. The van der Waals surface area contributed by atoms with Gasteiger partial charge in [0.2, 0.25) is 0 Å². The van der Waals surface area contributed by atoms with Crippen LogP contribution in [0, 0.1) is 0 Å². The Bertz CT molecular complexity index is 978. The fourth-order valence-corrected chi connectivity index (χ4v) is 3.54. The number of imidazole rings is 1. The molecule has 0 radical (unpaired) electrons. The van der Waals surface area contributed by atoms with Gasteiger partial charge in [-0.3, -0.25) is 0 Å². The van der Waals surface area contributed by atoms with E-state index in [2.05, 4.69) is 49.7 Å². The molecule has 2 aromatic heterocycles. The highest BCUT2D eigenvalue weighted by atomic mass is 16.5. The van der Waals surface area contributed by atoms with E-state index in [0.717, 1.165) is 60.6 Å². The van der Waals surface area contributed by atoms with Crippen molar-refractivity contribution in [3.8, 4) is 11.3 Å².